The van der Waals surface area contributed by atoms with Crippen LogP contribution in [-0.4, -0.2) is 43.6 Å². The van der Waals surface area contributed by atoms with Gasteiger partial charge in [-0.3, -0.25) is 4.79 Å². The van der Waals surface area contributed by atoms with Crippen molar-refractivity contribution in [3.8, 4) is 5.75 Å². The van der Waals surface area contributed by atoms with Crippen LogP contribution in [0.3, 0.4) is 0 Å². The van der Waals surface area contributed by atoms with Crippen molar-refractivity contribution in [3.63, 3.8) is 0 Å². The van der Waals surface area contributed by atoms with Gasteiger partial charge in [-0.1, -0.05) is 17.7 Å². The van der Waals surface area contributed by atoms with Crippen LogP contribution in [0.5, 0.6) is 5.75 Å². The van der Waals surface area contributed by atoms with Gasteiger partial charge in [0.15, 0.2) is 5.96 Å². The van der Waals surface area contributed by atoms with E-state index >= 15 is 0 Å². The molecule has 0 bridgehead atoms. The van der Waals surface area contributed by atoms with E-state index in [0.29, 0.717) is 12.6 Å². The van der Waals surface area contributed by atoms with E-state index in [9.17, 15) is 4.79 Å². The normalized spacial score (nSPS) is 11.8. The van der Waals surface area contributed by atoms with E-state index < -0.39 is 0 Å². The molecule has 0 heterocycles. The molecule has 0 radical (unpaired) electrons. The van der Waals surface area contributed by atoms with Crippen molar-refractivity contribution in [2.45, 2.75) is 53.0 Å². The zero-order valence-corrected chi connectivity index (χ0v) is 16.8. The summed E-state index contributed by atoms with van der Waals surface area (Å²) in [4.78, 5) is 16.2. The Morgan fingerprint density at radius 3 is 2.42 bits per heavy atom. The number of nitrogens with zero attached hydrogens (tertiary/aromatic N) is 1. The lowest BCUT2D eigenvalue weighted by molar-refractivity contribution is -0.121. The fourth-order valence-corrected chi connectivity index (χ4v) is 2.21. The molecule has 6 heteroatoms. The highest BCUT2D eigenvalue weighted by molar-refractivity contribution is 5.85. The maximum Gasteiger partial charge on any atom is 0.242 e. The molecule has 1 amide bonds. The molecule has 0 saturated carbocycles. The molecule has 0 saturated heterocycles. The summed E-state index contributed by atoms with van der Waals surface area (Å²) in [6.45, 7) is 12.3. The number of benzene rings is 1. The third-order valence-electron chi connectivity index (χ3n) is 3.39. The Morgan fingerprint density at radius 2 is 1.81 bits per heavy atom. The zero-order valence-electron chi connectivity index (χ0n) is 16.8. The number of nitrogens with one attached hydrogen (secondary N) is 3. The van der Waals surface area contributed by atoms with Crippen molar-refractivity contribution in [3.05, 3.63) is 29.8 Å². The highest BCUT2D eigenvalue weighted by Gasteiger charge is 2.13. The molecule has 0 unspecified atom stereocenters. The van der Waals surface area contributed by atoms with Gasteiger partial charge in [0, 0.05) is 18.6 Å². The molecule has 6 nitrogen and oxygen atoms in total. The monoisotopic (exact) mass is 362 g/mol. The first-order valence-corrected chi connectivity index (χ1v) is 9.33. The summed E-state index contributed by atoms with van der Waals surface area (Å²) in [6, 6.07) is 8.08. The Morgan fingerprint density at radius 1 is 1.12 bits per heavy atom. The number of hydrogen-bond donors (Lipinski definition) is 3. The molecule has 0 aromatic heterocycles. The van der Waals surface area contributed by atoms with Gasteiger partial charge in [0.1, 0.15) is 12.3 Å². The van der Waals surface area contributed by atoms with Gasteiger partial charge in [0.2, 0.25) is 5.91 Å². The minimum Gasteiger partial charge on any atom is -0.494 e. The number of carbonyl (C=O) groups excluding carboxylic acids is 1. The Kier molecular flexibility index (Phi) is 9.55. The summed E-state index contributed by atoms with van der Waals surface area (Å²) in [5.74, 6) is 1.49. The van der Waals surface area contributed by atoms with Crippen molar-refractivity contribution in [1.82, 2.24) is 16.0 Å². The maximum atomic E-state index is 11.8. The predicted octanol–water partition coefficient (Wildman–Crippen LogP) is 2.62. The lowest BCUT2D eigenvalue weighted by Crippen LogP contribution is -2.43. The number of aryl methyl sites for hydroxylation is 1. The smallest absolute Gasteiger partial charge is 0.242 e. The quantitative estimate of drug-likeness (QED) is 0.359. The molecule has 1 rings (SSSR count). The largest absolute Gasteiger partial charge is 0.494 e. The van der Waals surface area contributed by atoms with Gasteiger partial charge in [-0.05, 0) is 59.6 Å². The third kappa shape index (κ3) is 10.6. The number of amides is 1. The van der Waals surface area contributed by atoms with Crippen molar-refractivity contribution in [2.75, 3.05) is 26.2 Å². The number of guanidine groups is 1. The Bertz CT molecular complexity index is 562. The standard InChI is InChI=1S/C20H34N4O2/c1-6-21-19(23-15-18(25)24-20(3,4)5)22-13-7-8-14-26-17-11-9-16(2)10-12-17/h9-12H,6-8,13-15H2,1-5H3,(H,24,25)(H2,21,22,23). The van der Waals surface area contributed by atoms with Gasteiger partial charge in [-0.15, -0.1) is 0 Å². The van der Waals surface area contributed by atoms with Gasteiger partial charge in [0.05, 0.1) is 6.61 Å². The lowest BCUT2D eigenvalue weighted by atomic mass is 10.1. The van der Waals surface area contributed by atoms with Crippen molar-refractivity contribution >= 4 is 11.9 Å². The maximum absolute atomic E-state index is 11.8. The van der Waals surface area contributed by atoms with Crippen LogP contribution < -0.4 is 20.7 Å². The highest BCUT2D eigenvalue weighted by atomic mass is 16.5. The SMILES string of the molecule is CCNC(=NCC(=O)NC(C)(C)C)NCCCCOc1ccc(C)cc1. The summed E-state index contributed by atoms with van der Waals surface area (Å²) in [6.07, 6.45) is 1.91. The second kappa shape index (κ2) is 11.4. The molecule has 0 aliphatic carbocycles. The van der Waals surface area contributed by atoms with Crippen molar-refractivity contribution in [1.29, 1.82) is 0 Å². The third-order valence-corrected chi connectivity index (χ3v) is 3.39. The minimum absolute atomic E-state index is 0.0822. The molecule has 3 N–H and O–H groups in total. The van der Waals surface area contributed by atoms with Gasteiger partial charge >= 0.3 is 0 Å². The molecule has 26 heavy (non-hydrogen) atoms. The molecular weight excluding hydrogens is 328 g/mol. The molecule has 0 atom stereocenters. The number of carbonyl (C=O) groups is 1. The molecule has 1 aromatic carbocycles. The minimum atomic E-state index is -0.240. The Balaban J connectivity index is 2.24. The molecule has 0 aliphatic rings. The topological polar surface area (TPSA) is 74.8 Å². The second-order valence-corrected chi connectivity index (χ2v) is 7.29. The van der Waals surface area contributed by atoms with E-state index in [1.54, 1.807) is 0 Å². The first kappa shape index (κ1) is 21.8. The molecule has 0 fully saturated rings. The van der Waals surface area contributed by atoms with Crippen molar-refractivity contribution in [2.24, 2.45) is 4.99 Å². The summed E-state index contributed by atoms with van der Waals surface area (Å²) >= 11 is 0. The fraction of sp³-hybridized carbons (Fsp3) is 0.600. The zero-order chi connectivity index (χ0) is 19.4. The van der Waals surface area contributed by atoms with Crippen LogP contribution >= 0.6 is 0 Å². The van der Waals surface area contributed by atoms with Crippen LogP contribution in [0, 0.1) is 6.92 Å². The summed E-state index contributed by atoms with van der Waals surface area (Å²) in [7, 11) is 0. The summed E-state index contributed by atoms with van der Waals surface area (Å²) in [5.41, 5.74) is 0.989. The van der Waals surface area contributed by atoms with E-state index in [-0.39, 0.29) is 18.0 Å². The molecule has 0 spiro atoms. The first-order chi connectivity index (χ1) is 12.3. The van der Waals surface area contributed by atoms with Crippen LogP contribution in [0.4, 0.5) is 0 Å². The average Bonchev–Trinajstić information content (AvgIpc) is 2.55. The molecular formula is C20H34N4O2. The second-order valence-electron chi connectivity index (χ2n) is 7.29. The number of rotatable bonds is 9. The van der Waals surface area contributed by atoms with Gasteiger partial charge in [-0.2, -0.15) is 0 Å². The fourth-order valence-electron chi connectivity index (χ4n) is 2.21. The van der Waals surface area contributed by atoms with Crippen LogP contribution in [0.15, 0.2) is 29.3 Å². The summed E-state index contributed by atoms with van der Waals surface area (Å²) in [5, 5.41) is 9.30. The van der Waals surface area contributed by atoms with E-state index in [2.05, 4.69) is 27.9 Å². The van der Waals surface area contributed by atoms with E-state index in [0.717, 1.165) is 31.7 Å². The number of ether oxygens (including phenoxy) is 1. The van der Waals surface area contributed by atoms with Crippen LogP contribution in [0.2, 0.25) is 0 Å². The van der Waals surface area contributed by atoms with Crippen LogP contribution in [-0.2, 0) is 4.79 Å². The van der Waals surface area contributed by atoms with Crippen LogP contribution in [0.1, 0.15) is 46.1 Å². The van der Waals surface area contributed by atoms with E-state index in [1.807, 2.05) is 52.0 Å². The molecule has 1 aromatic rings. The van der Waals surface area contributed by atoms with E-state index in [4.69, 9.17) is 4.74 Å². The first-order valence-electron chi connectivity index (χ1n) is 9.33. The summed E-state index contributed by atoms with van der Waals surface area (Å²) < 4.78 is 5.71. The Hall–Kier alpha value is -2.24. The van der Waals surface area contributed by atoms with Gasteiger partial charge in [-0.25, -0.2) is 4.99 Å². The Labute approximate surface area is 157 Å². The highest BCUT2D eigenvalue weighted by Crippen LogP contribution is 2.11. The van der Waals surface area contributed by atoms with Crippen molar-refractivity contribution < 1.29 is 9.53 Å². The van der Waals surface area contributed by atoms with Crippen LogP contribution in [0.25, 0.3) is 0 Å². The number of unbranched alkanes of at least 4 members (excludes halogenated alkanes) is 1. The molecule has 0 aliphatic heterocycles. The number of hydrogen-bond acceptors (Lipinski definition) is 3. The lowest BCUT2D eigenvalue weighted by Gasteiger charge is -2.20. The van der Waals surface area contributed by atoms with Gasteiger partial charge < -0.3 is 20.7 Å². The van der Waals surface area contributed by atoms with Gasteiger partial charge in [0.25, 0.3) is 0 Å². The van der Waals surface area contributed by atoms with E-state index in [1.165, 1.54) is 5.56 Å². The predicted molar refractivity (Wildman–Crippen MR) is 108 cm³/mol. The molecule has 146 valence electrons. The average molecular weight is 363 g/mol. The number of aliphatic imine (C=N–C) groups is 1.